The lowest BCUT2D eigenvalue weighted by molar-refractivity contribution is 0.0211. The number of hydrogen-bond acceptors (Lipinski definition) is 3. The van der Waals surface area contributed by atoms with E-state index >= 15 is 0 Å². The summed E-state index contributed by atoms with van der Waals surface area (Å²) in [5.74, 6) is 0.772. The molecule has 3 atom stereocenters. The van der Waals surface area contributed by atoms with Crippen LogP contribution in [0, 0.1) is 5.92 Å². The second kappa shape index (κ2) is 7.34. The summed E-state index contributed by atoms with van der Waals surface area (Å²) < 4.78 is 6.02. The maximum atomic E-state index is 6.02. The van der Waals surface area contributed by atoms with Crippen molar-refractivity contribution in [3.8, 4) is 0 Å². The summed E-state index contributed by atoms with van der Waals surface area (Å²) >= 11 is 0. The van der Waals surface area contributed by atoms with Gasteiger partial charge in [0.15, 0.2) is 0 Å². The minimum absolute atomic E-state index is 0.429. The van der Waals surface area contributed by atoms with Gasteiger partial charge in [-0.2, -0.15) is 0 Å². The van der Waals surface area contributed by atoms with E-state index in [1.807, 2.05) is 7.05 Å². The van der Waals surface area contributed by atoms with E-state index in [4.69, 9.17) is 4.74 Å². The monoisotopic (exact) mass is 242 g/mol. The van der Waals surface area contributed by atoms with E-state index in [0.717, 1.165) is 19.0 Å². The molecule has 3 unspecified atom stereocenters. The summed E-state index contributed by atoms with van der Waals surface area (Å²) in [6.45, 7) is 8.97. The molecule has 0 saturated carbocycles. The molecule has 0 radical (unpaired) electrons. The summed E-state index contributed by atoms with van der Waals surface area (Å²) in [7, 11) is 4.22. The van der Waals surface area contributed by atoms with Gasteiger partial charge in [0.2, 0.25) is 0 Å². The lowest BCUT2D eigenvalue weighted by atomic mass is 10.0. The van der Waals surface area contributed by atoms with Crippen LogP contribution in [-0.2, 0) is 4.74 Å². The van der Waals surface area contributed by atoms with E-state index in [-0.39, 0.29) is 0 Å². The Balaban J connectivity index is 2.25. The number of nitrogens with zero attached hydrogens (tertiary/aromatic N) is 1. The van der Waals surface area contributed by atoms with E-state index in [1.54, 1.807) is 0 Å². The molecule has 1 aliphatic heterocycles. The zero-order valence-corrected chi connectivity index (χ0v) is 12.2. The average Bonchev–Trinajstić information content (AvgIpc) is 2.65. The van der Waals surface area contributed by atoms with Crippen molar-refractivity contribution in [1.82, 2.24) is 10.2 Å². The number of hydrogen-bond donors (Lipinski definition) is 1. The molecule has 102 valence electrons. The zero-order chi connectivity index (χ0) is 12.8. The minimum atomic E-state index is 0.429. The maximum absolute atomic E-state index is 6.02. The van der Waals surface area contributed by atoms with Crippen LogP contribution in [-0.4, -0.2) is 50.3 Å². The van der Waals surface area contributed by atoms with E-state index in [9.17, 15) is 0 Å². The highest BCUT2D eigenvalue weighted by Crippen LogP contribution is 2.21. The predicted molar refractivity (Wildman–Crippen MR) is 73.4 cm³/mol. The van der Waals surface area contributed by atoms with E-state index in [0.29, 0.717) is 18.2 Å². The van der Waals surface area contributed by atoms with Crippen LogP contribution < -0.4 is 5.32 Å². The first-order valence-corrected chi connectivity index (χ1v) is 7.03. The van der Waals surface area contributed by atoms with Gasteiger partial charge in [0.25, 0.3) is 0 Å². The summed E-state index contributed by atoms with van der Waals surface area (Å²) in [5, 5.41) is 3.19. The topological polar surface area (TPSA) is 24.5 Å². The molecule has 1 fully saturated rings. The fraction of sp³-hybridized carbons (Fsp3) is 1.00. The van der Waals surface area contributed by atoms with Crippen LogP contribution in [0.5, 0.6) is 0 Å². The largest absolute Gasteiger partial charge is 0.372 e. The first-order chi connectivity index (χ1) is 8.02. The third kappa shape index (κ3) is 5.36. The van der Waals surface area contributed by atoms with Crippen molar-refractivity contribution in [2.45, 2.75) is 58.3 Å². The molecule has 0 amide bonds. The highest BCUT2D eigenvalue weighted by Gasteiger charge is 2.26. The van der Waals surface area contributed by atoms with Crippen molar-refractivity contribution in [2.75, 3.05) is 27.2 Å². The van der Waals surface area contributed by atoms with Crippen LogP contribution in [0.3, 0.4) is 0 Å². The van der Waals surface area contributed by atoms with Gasteiger partial charge in [-0.25, -0.2) is 0 Å². The molecular weight excluding hydrogens is 212 g/mol. The Hall–Kier alpha value is -0.120. The summed E-state index contributed by atoms with van der Waals surface area (Å²) in [6, 6.07) is 0.655. The highest BCUT2D eigenvalue weighted by atomic mass is 16.5. The van der Waals surface area contributed by atoms with Crippen LogP contribution in [0.4, 0.5) is 0 Å². The average molecular weight is 242 g/mol. The normalized spacial score (nSPS) is 27.0. The molecule has 0 aliphatic carbocycles. The quantitative estimate of drug-likeness (QED) is 0.740. The summed E-state index contributed by atoms with van der Waals surface area (Å²) in [4.78, 5) is 2.45. The minimum Gasteiger partial charge on any atom is -0.372 e. The molecule has 0 spiro atoms. The number of ether oxygens (including phenoxy) is 1. The number of nitrogens with one attached hydrogen (secondary N) is 1. The molecule has 1 aliphatic rings. The van der Waals surface area contributed by atoms with Gasteiger partial charge in [0.05, 0.1) is 12.2 Å². The van der Waals surface area contributed by atoms with E-state index < -0.39 is 0 Å². The van der Waals surface area contributed by atoms with Gasteiger partial charge >= 0.3 is 0 Å². The molecule has 1 rings (SSSR count). The van der Waals surface area contributed by atoms with Crippen molar-refractivity contribution < 1.29 is 4.74 Å². The van der Waals surface area contributed by atoms with Crippen molar-refractivity contribution >= 4 is 0 Å². The smallest absolute Gasteiger partial charge is 0.0707 e. The van der Waals surface area contributed by atoms with Gasteiger partial charge in [-0.1, -0.05) is 13.8 Å². The predicted octanol–water partition coefficient (Wildman–Crippen LogP) is 2.12. The van der Waals surface area contributed by atoms with Gasteiger partial charge in [0.1, 0.15) is 0 Å². The first-order valence-electron chi connectivity index (χ1n) is 7.03. The van der Waals surface area contributed by atoms with Crippen LogP contribution in [0.2, 0.25) is 0 Å². The van der Waals surface area contributed by atoms with Crippen LogP contribution in [0.15, 0.2) is 0 Å². The molecular formula is C14H30N2O. The zero-order valence-electron chi connectivity index (χ0n) is 12.2. The van der Waals surface area contributed by atoms with Gasteiger partial charge in [-0.15, -0.1) is 0 Å². The highest BCUT2D eigenvalue weighted by molar-refractivity contribution is 4.78. The van der Waals surface area contributed by atoms with Crippen molar-refractivity contribution in [3.05, 3.63) is 0 Å². The number of rotatable bonds is 7. The summed E-state index contributed by atoms with van der Waals surface area (Å²) in [6.07, 6.45) is 4.55. The maximum Gasteiger partial charge on any atom is 0.0707 e. The Labute approximate surface area is 107 Å². The second-order valence-electron chi connectivity index (χ2n) is 5.93. The van der Waals surface area contributed by atoms with Crippen LogP contribution >= 0.6 is 0 Å². The fourth-order valence-electron chi connectivity index (χ4n) is 2.66. The van der Waals surface area contributed by atoms with E-state index in [2.05, 4.69) is 38.0 Å². The third-order valence-electron chi connectivity index (χ3n) is 3.68. The second-order valence-corrected chi connectivity index (χ2v) is 5.93. The fourth-order valence-corrected chi connectivity index (χ4v) is 2.66. The molecule has 1 N–H and O–H groups in total. The Morgan fingerprint density at radius 3 is 2.47 bits per heavy atom. The Morgan fingerprint density at radius 1 is 1.24 bits per heavy atom. The standard InChI is InChI=1S/C14H30N2O/c1-11(2)8-12(3)16(5)10-14-7-6-13(17-14)9-15-4/h11-15H,6-10H2,1-5H3. The van der Waals surface area contributed by atoms with Crippen LogP contribution in [0.1, 0.15) is 40.0 Å². The SMILES string of the molecule is CNCC1CCC(CN(C)C(C)CC(C)C)O1. The molecule has 0 bridgehead atoms. The molecule has 1 saturated heterocycles. The van der Waals surface area contributed by atoms with E-state index in [1.165, 1.54) is 19.3 Å². The lowest BCUT2D eigenvalue weighted by Gasteiger charge is -2.28. The van der Waals surface area contributed by atoms with Crippen molar-refractivity contribution in [2.24, 2.45) is 5.92 Å². The Morgan fingerprint density at radius 2 is 1.88 bits per heavy atom. The van der Waals surface area contributed by atoms with Gasteiger partial charge in [-0.05, 0) is 46.2 Å². The molecule has 0 aromatic heterocycles. The van der Waals surface area contributed by atoms with Crippen LogP contribution in [0.25, 0.3) is 0 Å². The summed E-state index contributed by atoms with van der Waals surface area (Å²) in [5.41, 5.74) is 0. The third-order valence-corrected chi connectivity index (χ3v) is 3.68. The van der Waals surface area contributed by atoms with Crippen molar-refractivity contribution in [3.63, 3.8) is 0 Å². The lowest BCUT2D eigenvalue weighted by Crippen LogP contribution is -2.37. The molecule has 3 heteroatoms. The van der Waals surface area contributed by atoms with Gasteiger partial charge in [0, 0.05) is 19.1 Å². The van der Waals surface area contributed by atoms with Crippen molar-refractivity contribution in [1.29, 1.82) is 0 Å². The molecule has 0 aromatic carbocycles. The molecule has 3 nitrogen and oxygen atoms in total. The van der Waals surface area contributed by atoms with Gasteiger partial charge in [-0.3, -0.25) is 0 Å². The number of likely N-dealkylation sites (N-methyl/N-ethyl adjacent to an activating group) is 2. The Bertz CT molecular complexity index is 208. The Kier molecular flexibility index (Phi) is 6.45. The van der Waals surface area contributed by atoms with Gasteiger partial charge < -0.3 is 15.0 Å². The first kappa shape index (κ1) is 14.9. The molecule has 1 heterocycles. The molecule has 17 heavy (non-hydrogen) atoms. The molecule has 0 aromatic rings.